The van der Waals surface area contributed by atoms with Gasteiger partial charge in [-0.15, -0.1) is 0 Å². The molecule has 1 amide bonds. The van der Waals surface area contributed by atoms with Crippen LogP contribution in [-0.4, -0.2) is 28.9 Å². The zero-order chi connectivity index (χ0) is 17.4. The Bertz CT molecular complexity index is 925. The number of amides is 1. The summed E-state index contributed by atoms with van der Waals surface area (Å²) in [6.07, 6.45) is 0.860. The lowest BCUT2D eigenvalue weighted by molar-refractivity contribution is -0.134. The van der Waals surface area contributed by atoms with Crippen LogP contribution < -0.4 is 4.74 Å². The van der Waals surface area contributed by atoms with Crippen molar-refractivity contribution in [2.24, 2.45) is 0 Å². The second-order valence-electron chi connectivity index (χ2n) is 6.80. The van der Waals surface area contributed by atoms with Crippen LogP contribution in [0.2, 0.25) is 0 Å². The number of H-pyrrole nitrogens is 1. The van der Waals surface area contributed by atoms with E-state index in [4.69, 9.17) is 4.74 Å². The maximum atomic E-state index is 12.6. The molecule has 1 aliphatic heterocycles. The van der Waals surface area contributed by atoms with Crippen LogP contribution in [0.5, 0.6) is 5.75 Å². The van der Waals surface area contributed by atoms with E-state index < -0.39 is 0 Å². The number of carbonyl (C=O) groups is 1. The van der Waals surface area contributed by atoms with Gasteiger partial charge in [0, 0.05) is 41.7 Å². The van der Waals surface area contributed by atoms with Crippen LogP contribution in [0.1, 0.15) is 22.4 Å². The predicted octanol–water partition coefficient (Wildman–Crippen LogP) is 3.75. The van der Waals surface area contributed by atoms with Crippen LogP contribution >= 0.6 is 0 Å². The maximum absolute atomic E-state index is 12.6. The van der Waals surface area contributed by atoms with Crippen molar-refractivity contribution in [1.29, 1.82) is 0 Å². The number of hydrogen-bond acceptors (Lipinski definition) is 2. The molecule has 0 saturated heterocycles. The molecule has 0 saturated carbocycles. The minimum absolute atomic E-state index is 0.0354. The molecule has 2 aromatic carbocycles. The summed E-state index contributed by atoms with van der Waals surface area (Å²) < 4.78 is 5.65. The van der Waals surface area contributed by atoms with Gasteiger partial charge in [-0.2, -0.15) is 0 Å². The van der Waals surface area contributed by atoms with E-state index >= 15 is 0 Å². The summed E-state index contributed by atoms with van der Waals surface area (Å²) in [5.74, 6) is 0.771. The highest BCUT2D eigenvalue weighted by molar-refractivity contribution is 5.86. The molecule has 0 atom stereocenters. The molecular formula is C21H22N2O2. The summed E-state index contributed by atoms with van der Waals surface area (Å²) in [6, 6.07) is 14.2. The van der Waals surface area contributed by atoms with Crippen molar-refractivity contribution in [3.8, 4) is 5.75 Å². The third-order valence-electron chi connectivity index (χ3n) is 4.87. The first-order chi connectivity index (χ1) is 12.1. The van der Waals surface area contributed by atoms with Gasteiger partial charge >= 0.3 is 0 Å². The van der Waals surface area contributed by atoms with E-state index in [0.717, 1.165) is 24.2 Å². The summed E-state index contributed by atoms with van der Waals surface area (Å²) >= 11 is 0. The molecule has 128 valence electrons. The number of fused-ring (bicyclic) bond motifs is 3. The van der Waals surface area contributed by atoms with Crippen LogP contribution in [0.3, 0.4) is 0 Å². The highest BCUT2D eigenvalue weighted by atomic mass is 16.5. The van der Waals surface area contributed by atoms with Crippen molar-refractivity contribution >= 4 is 16.8 Å². The molecule has 2 heterocycles. The van der Waals surface area contributed by atoms with Crippen molar-refractivity contribution in [3.05, 3.63) is 64.8 Å². The Kier molecular flexibility index (Phi) is 3.96. The third kappa shape index (κ3) is 3.12. The van der Waals surface area contributed by atoms with Crippen LogP contribution in [-0.2, 0) is 17.8 Å². The zero-order valence-corrected chi connectivity index (χ0v) is 14.6. The predicted molar refractivity (Wildman–Crippen MR) is 98.8 cm³/mol. The number of carbonyl (C=O) groups excluding carboxylic acids is 1. The van der Waals surface area contributed by atoms with Crippen molar-refractivity contribution in [2.45, 2.75) is 26.8 Å². The first kappa shape index (κ1) is 15.8. The molecule has 0 fully saturated rings. The molecule has 0 radical (unpaired) electrons. The second-order valence-corrected chi connectivity index (χ2v) is 6.80. The summed E-state index contributed by atoms with van der Waals surface area (Å²) in [5, 5.41) is 1.23. The molecule has 0 bridgehead atoms. The fraction of sp³-hybridized carbons (Fsp3) is 0.286. The average molecular weight is 334 g/mol. The van der Waals surface area contributed by atoms with E-state index in [9.17, 15) is 4.79 Å². The van der Waals surface area contributed by atoms with Crippen LogP contribution in [0.15, 0.2) is 42.5 Å². The number of nitrogens with one attached hydrogen (secondary N) is 1. The molecule has 0 spiro atoms. The van der Waals surface area contributed by atoms with Crippen molar-refractivity contribution in [2.75, 3.05) is 13.2 Å². The number of aryl methyl sites for hydroxylation is 2. The zero-order valence-electron chi connectivity index (χ0n) is 14.6. The lowest BCUT2D eigenvalue weighted by Gasteiger charge is -2.27. The van der Waals surface area contributed by atoms with E-state index in [-0.39, 0.29) is 12.5 Å². The van der Waals surface area contributed by atoms with E-state index in [2.05, 4.69) is 30.1 Å². The van der Waals surface area contributed by atoms with Gasteiger partial charge in [0.2, 0.25) is 0 Å². The molecule has 4 heteroatoms. The Balaban J connectivity index is 1.47. The molecular weight excluding hydrogens is 312 g/mol. The smallest absolute Gasteiger partial charge is 0.260 e. The topological polar surface area (TPSA) is 45.3 Å². The first-order valence-corrected chi connectivity index (χ1v) is 8.67. The normalized spacial score (nSPS) is 13.8. The van der Waals surface area contributed by atoms with Gasteiger partial charge < -0.3 is 14.6 Å². The number of aromatic nitrogens is 1. The number of nitrogens with zero attached hydrogens (tertiary/aromatic N) is 1. The highest BCUT2D eigenvalue weighted by Crippen LogP contribution is 2.28. The Hall–Kier alpha value is -2.75. The van der Waals surface area contributed by atoms with Crippen molar-refractivity contribution in [1.82, 2.24) is 9.88 Å². The summed E-state index contributed by atoms with van der Waals surface area (Å²) in [7, 11) is 0. The average Bonchev–Trinajstić information content (AvgIpc) is 2.98. The highest BCUT2D eigenvalue weighted by Gasteiger charge is 2.24. The van der Waals surface area contributed by atoms with Gasteiger partial charge in [0.15, 0.2) is 6.61 Å². The Morgan fingerprint density at radius 3 is 2.68 bits per heavy atom. The number of aromatic amines is 1. The lowest BCUT2D eigenvalue weighted by atomic mass is 10.0. The molecule has 4 nitrogen and oxygen atoms in total. The van der Waals surface area contributed by atoms with Crippen LogP contribution in [0.25, 0.3) is 10.9 Å². The quantitative estimate of drug-likeness (QED) is 0.793. The Morgan fingerprint density at radius 2 is 1.88 bits per heavy atom. The monoisotopic (exact) mass is 334 g/mol. The maximum Gasteiger partial charge on any atom is 0.260 e. The minimum Gasteiger partial charge on any atom is -0.484 e. The van der Waals surface area contributed by atoms with Gasteiger partial charge in [-0.05, 0) is 38.1 Å². The first-order valence-electron chi connectivity index (χ1n) is 8.67. The number of benzene rings is 2. The molecule has 3 aromatic rings. The van der Waals surface area contributed by atoms with E-state index in [1.165, 1.54) is 27.8 Å². The van der Waals surface area contributed by atoms with E-state index in [1.807, 2.05) is 36.1 Å². The molecule has 1 aromatic heterocycles. The third-order valence-corrected chi connectivity index (χ3v) is 4.87. The standard InChI is InChI=1S/C21H22N2O2/c1-14-3-6-16(7-4-14)25-13-21(24)23-10-9-20-18(12-23)17-11-15(2)5-8-19(17)22-20/h3-8,11,22H,9-10,12-13H2,1-2H3. The van der Waals surface area contributed by atoms with E-state index in [0.29, 0.717) is 6.54 Å². The van der Waals surface area contributed by atoms with Crippen molar-refractivity contribution < 1.29 is 9.53 Å². The second kappa shape index (κ2) is 6.28. The number of rotatable bonds is 3. The van der Waals surface area contributed by atoms with Gasteiger partial charge in [-0.3, -0.25) is 4.79 Å². The van der Waals surface area contributed by atoms with Gasteiger partial charge in [0.05, 0.1) is 0 Å². The lowest BCUT2D eigenvalue weighted by Crippen LogP contribution is -2.38. The summed E-state index contributed by atoms with van der Waals surface area (Å²) in [4.78, 5) is 18.0. The van der Waals surface area contributed by atoms with Gasteiger partial charge in [-0.25, -0.2) is 0 Å². The number of ether oxygens (including phenoxy) is 1. The SMILES string of the molecule is Cc1ccc(OCC(=O)N2CCc3[nH]c4ccc(C)cc4c3C2)cc1. The minimum atomic E-state index is 0.0354. The Morgan fingerprint density at radius 1 is 1.12 bits per heavy atom. The van der Waals surface area contributed by atoms with Gasteiger partial charge in [0.1, 0.15) is 5.75 Å². The molecule has 4 rings (SSSR count). The van der Waals surface area contributed by atoms with E-state index in [1.54, 1.807) is 0 Å². The van der Waals surface area contributed by atoms with Gasteiger partial charge in [-0.1, -0.05) is 29.3 Å². The summed E-state index contributed by atoms with van der Waals surface area (Å²) in [5.41, 5.74) is 6.07. The molecule has 1 N–H and O–H groups in total. The molecule has 0 unspecified atom stereocenters. The largest absolute Gasteiger partial charge is 0.484 e. The summed E-state index contributed by atoms with van der Waals surface area (Å²) in [6.45, 7) is 5.59. The fourth-order valence-corrected chi connectivity index (χ4v) is 3.41. The fourth-order valence-electron chi connectivity index (χ4n) is 3.41. The van der Waals surface area contributed by atoms with Crippen LogP contribution in [0, 0.1) is 13.8 Å². The van der Waals surface area contributed by atoms with Crippen LogP contribution in [0.4, 0.5) is 0 Å². The molecule has 25 heavy (non-hydrogen) atoms. The number of hydrogen-bond donors (Lipinski definition) is 1. The molecule has 1 aliphatic rings. The molecule has 0 aliphatic carbocycles. The van der Waals surface area contributed by atoms with Crippen molar-refractivity contribution in [3.63, 3.8) is 0 Å². The van der Waals surface area contributed by atoms with Gasteiger partial charge in [0.25, 0.3) is 5.91 Å². The Labute approximate surface area is 147 Å².